The molecule has 3 aromatic carbocycles. The van der Waals surface area contributed by atoms with Gasteiger partial charge in [0.15, 0.2) is 6.61 Å². The number of amides is 1. The Labute approximate surface area is 162 Å². The molecule has 28 heavy (non-hydrogen) atoms. The normalized spacial score (nSPS) is 10.9. The molecule has 3 rings (SSSR count). The topological polar surface area (TPSA) is 84.5 Å². The first-order valence-corrected chi connectivity index (χ1v) is 9.77. The van der Waals surface area contributed by atoms with Crippen molar-refractivity contribution in [3.8, 4) is 5.75 Å². The van der Waals surface area contributed by atoms with Gasteiger partial charge in [-0.1, -0.05) is 30.3 Å². The van der Waals surface area contributed by atoms with Gasteiger partial charge >= 0.3 is 0 Å². The van der Waals surface area contributed by atoms with Crippen LogP contribution in [0, 0.1) is 5.82 Å². The van der Waals surface area contributed by atoms with Crippen molar-refractivity contribution in [1.29, 1.82) is 0 Å². The third-order valence-electron chi connectivity index (χ3n) is 3.68. The van der Waals surface area contributed by atoms with E-state index in [2.05, 4.69) is 10.0 Å². The van der Waals surface area contributed by atoms with Crippen molar-refractivity contribution in [2.75, 3.05) is 16.6 Å². The second-order valence-corrected chi connectivity index (χ2v) is 7.44. The molecular weight excluding hydrogens is 383 g/mol. The van der Waals surface area contributed by atoms with Gasteiger partial charge < -0.3 is 10.1 Å². The van der Waals surface area contributed by atoms with Crippen molar-refractivity contribution in [2.45, 2.75) is 4.90 Å². The molecule has 0 saturated carbocycles. The van der Waals surface area contributed by atoms with Crippen LogP contribution in [0.25, 0.3) is 0 Å². The maximum absolute atomic E-state index is 13.0. The van der Waals surface area contributed by atoms with Gasteiger partial charge in [0.05, 0.1) is 16.3 Å². The molecule has 0 spiro atoms. The standard InChI is InChI=1S/C20H17FN2O4S/c21-15-10-12-17(13-11-15)28(25,26)23-19-9-5-4-8-18(19)22-20(24)14-27-16-6-2-1-3-7-16/h1-13,23H,14H2,(H,22,24). The lowest BCUT2D eigenvalue weighted by molar-refractivity contribution is -0.118. The van der Waals surface area contributed by atoms with E-state index in [1.807, 2.05) is 6.07 Å². The van der Waals surface area contributed by atoms with E-state index in [9.17, 15) is 17.6 Å². The third kappa shape index (κ3) is 5.08. The lowest BCUT2D eigenvalue weighted by Crippen LogP contribution is -2.21. The fourth-order valence-electron chi connectivity index (χ4n) is 2.35. The number of carbonyl (C=O) groups excluding carboxylic acids is 1. The Bertz CT molecular complexity index is 1060. The predicted molar refractivity (Wildman–Crippen MR) is 104 cm³/mol. The monoisotopic (exact) mass is 400 g/mol. The highest BCUT2D eigenvalue weighted by molar-refractivity contribution is 7.92. The largest absolute Gasteiger partial charge is 0.484 e. The van der Waals surface area contributed by atoms with E-state index in [1.165, 1.54) is 6.07 Å². The number of hydrogen-bond donors (Lipinski definition) is 2. The van der Waals surface area contributed by atoms with Crippen molar-refractivity contribution in [3.05, 3.63) is 84.7 Å². The zero-order valence-corrected chi connectivity index (χ0v) is 15.4. The predicted octanol–water partition coefficient (Wildman–Crippen LogP) is 3.64. The molecule has 0 aromatic heterocycles. The zero-order valence-electron chi connectivity index (χ0n) is 14.6. The number of carbonyl (C=O) groups is 1. The molecule has 0 bridgehead atoms. The lowest BCUT2D eigenvalue weighted by Gasteiger charge is -2.14. The second kappa shape index (κ2) is 8.53. The molecule has 3 aromatic rings. The molecular formula is C20H17FN2O4S. The first-order chi connectivity index (χ1) is 13.4. The summed E-state index contributed by atoms with van der Waals surface area (Å²) in [6.07, 6.45) is 0. The number of hydrogen-bond acceptors (Lipinski definition) is 4. The van der Waals surface area contributed by atoms with Gasteiger partial charge in [0.25, 0.3) is 15.9 Å². The van der Waals surface area contributed by atoms with Gasteiger partial charge in [-0.15, -0.1) is 0 Å². The van der Waals surface area contributed by atoms with Crippen LogP contribution in [0.1, 0.15) is 0 Å². The van der Waals surface area contributed by atoms with Crippen LogP contribution in [0.15, 0.2) is 83.8 Å². The Morgan fingerprint density at radius 2 is 1.46 bits per heavy atom. The summed E-state index contributed by atoms with van der Waals surface area (Å²) in [6.45, 7) is -0.233. The summed E-state index contributed by atoms with van der Waals surface area (Å²) < 4.78 is 45.8. The third-order valence-corrected chi connectivity index (χ3v) is 5.06. The molecule has 8 heteroatoms. The average molecular weight is 400 g/mol. The van der Waals surface area contributed by atoms with E-state index in [-0.39, 0.29) is 22.9 Å². The van der Waals surface area contributed by atoms with Crippen molar-refractivity contribution in [1.82, 2.24) is 0 Å². The summed E-state index contributed by atoms with van der Waals surface area (Å²) >= 11 is 0. The summed E-state index contributed by atoms with van der Waals surface area (Å²) in [5, 5.41) is 2.61. The molecule has 2 N–H and O–H groups in total. The Morgan fingerprint density at radius 3 is 2.14 bits per heavy atom. The summed E-state index contributed by atoms with van der Waals surface area (Å²) in [5.74, 6) is -0.440. The molecule has 144 valence electrons. The first-order valence-electron chi connectivity index (χ1n) is 8.29. The molecule has 0 saturated heterocycles. The van der Waals surface area contributed by atoms with Gasteiger partial charge in [0.2, 0.25) is 0 Å². The Balaban J connectivity index is 1.70. The Morgan fingerprint density at radius 1 is 0.857 bits per heavy atom. The maximum atomic E-state index is 13.0. The average Bonchev–Trinajstić information content (AvgIpc) is 2.69. The fraction of sp³-hybridized carbons (Fsp3) is 0.0500. The molecule has 0 aliphatic rings. The van der Waals surface area contributed by atoms with Crippen molar-refractivity contribution in [3.63, 3.8) is 0 Å². The summed E-state index contributed by atoms with van der Waals surface area (Å²) in [5.41, 5.74) is 0.453. The Kier molecular flexibility index (Phi) is 5.90. The van der Waals surface area contributed by atoms with Crippen molar-refractivity contribution in [2.24, 2.45) is 0 Å². The lowest BCUT2D eigenvalue weighted by atomic mass is 10.2. The smallest absolute Gasteiger partial charge is 0.262 e. The quantitative estimate of drug-likeness (QED) is 0.634. The molecule has 0 unspecified atom stereocenters. The number of anilines is 2. The van der Waals surface area contributed by atoms with Crippen LogP contribution < -0.4 is 14.8 Å². The number of para-hydroxylation sites is 3. The van der Waals surface area contributed by atoms with Crippen LogP contribution in [0.5, 0.6) is 5.75 Å². The van der Waals surface area contributed by atoms with E-state index < -0.39 is 21.7 Å². The van der Waals surface area contributed by atoms with Gasteiger partial charge in [-0.2, -0.15) is 0 Å². The number of sulfonamides is 1. The van der Waals surface area contributed by atoms with Crippen molar-refractivity contribution >= 4 is 27.3 Å². The molecule has 0 atom stereocenters. The van der Waals surface area contributed by atoms with Gasteiger partial charge in [0.1, 0.15) is 11.6 Å². The number of ether oxygens (including phenoxy) is 1. The van der Waals surface area contributed by atoms with Crippen LogP contribution in [-0.2, 0) is 14.8 Å². The molecule has 6 nitrogen and oxygen atoms in total. The van der Waals surface area contributed by atoms with Crippen LogP contribution in [0.2, 0.25) is 0 Å². The Hall–Kier alpha value is -3.39. The van der Waals surface area contributed by atoms with Crippen LogP contribution in [0.4, 0.5) is 15.8 Å². The summed E-state index contributed by atoms with van der Waals surface area (Å²) in [7, 11) is -3.94. The van der Waals surface area contributed by atoms with E-state index in [4.69, 9.17) is 4.74 Å². The second-order valence-electron chi connectivity index (χ2n) is 5.75. The van der Waals surface area contributed by atoms with Crippen LogP contribution >= 0.6 is 0 Å². The van der Waals surface area contributed by atoms with Gasteiger partial charge in [0, 0.05) is 0 Å². The number of halogens is 1. The molecule has 0 aliphatic heterocycles. The number of rotatable bonds is 7. The minimum Gasteiger partial charge on any atom is -0.484 e. The van der Waals surface area contributed by atoms with Gasteiger partial charge in [-0.05, 0) is 48.5 Å². The van der Waals surface area contributed by atoms with Crippen LogP contribution in [-0.4, -0.2) is 20.9 Å². The van der Waals surface area contributed by atoms with Crippen LogP contribution in [0.3, 0.4) is 0 Å². The van der Waals surface area contributed by atoms with E-state index in [0.717, 1.165) is 24.3 Å². The number of benzene rings is 3. The van der Waals surface area contributed by atoms with E-state index >= 15 is 0 Å². The fourth-order valence-corrected chi connectivity index (χ4v) is 3.43. The highest BCUT2D eigenvalue weighted by Crippen LogP contribution is 2.24. The van der Waals surface area contributed by atoms with Crippen molar-refractivity contribution < 1.29 is 22.3 Å². The molecule has 0 heterocycles. The van der Waals surface area contributed by atoms with Gasteiger partial charge in [-0.3, -0.25) is 9.52 Å². The van der Waals surface area contributed by atoms with E-state index in [1.54, 1.807) is 42.5 Å². The summed E-state index contributed by atoms with van der Waals surface area (Å²) in [4.78, 5) is 12.1. The zero-order chi connectivity index (χ0) is 20.0. The highest BCUT2D eigenvalue weighted by atomic mass is 32.2. The minimum atomic E-state index is -3.94. The van der Waals surface area contributed by atoms with Gasteiger partial charge in [-0.25, -0.2) is 12.8 Å². The maximum Gasteiger partial charge on any atom is 0.262 e. The molecule has 1 amide bonds. The molecule has 0 radical (unpaired) electrons. The van der Waals surface area contributed by atoms with E-state index in [0.29, 0.717) is 5.75 Å². The highest BCUT2D eigenvalue weighted by Gasteiger charge is 2.17. The molecule has 0 aliphatic carbocycles. The minimum absolute atomic E-state index is 0.0950. The molecule has 0 fully saturated rings. The summed E-state index contributed by atoms with van der Waals surface area (Å²) in [6, 6.07) is 19.6. The SMILES string of the molecule is O=C(COc1ccccc1)Nc1ccccc1NS(=O)(=O)c1ccc(F)cc1. The first kappa shape index (κ1) is 19.4. The number of nitrogens with one attached hydrogen (secondary N) is 2.